The number of aromatic nitrogens is 5. The molecule has 0 fully saturated rings. The number of nitrogens with zero attached hydrogens (tertiary/aromatic N) is 4. The van der Waals surface area contributed by atoms with Gasteiger partial charge in [-0.05, 0) is 22.4 Å². The van der Waals surface area contributed by atoms with Crippen LogP contribution in [0.15, 0.2) is 23.0 Å². The Morgan fingerprint density at radius 3 is 2.95 bits per heavy atom. The number of carbonyl (C=O) groups is 1. The minimum Gasteiger partial charge on any atom is -0.481 e. The molecule has 0 saturated carbocycles. The van der Waals surface area contributed by atoms with Gasteiger partial charge in [0.25, 0.3) is 0 Å². The summed E-state index contributed by atoms with van der Waals surface area (Å²) in [5.74, 6) is -0.490. The predicted molar refractivity (Wildman–Crippen MR) is 69.9 cm³/mol. The molecule has 8 nitrogen and oxygen atoms in total. The van der Waals surface area contributed by atoms with Crippen molar-refractivity contribution in [2.75, 3.05) is 0 Å². The lowest BCUT2D eigenvalue weighted by molar-refractivity contribution is -0.138. The highest BCUT2D eigenvalue weighted by molar-refractivity contribution is 5.67. The Hall–Kier alpha value is -2.51. The molecule has 0 aromatic carbocycles. The molecule has 106 valence electrons. The Kier molecular flexibility index (Phi) is 4.24. The molecule has 0 amide bonds. The van der Waals surface area contributed by atoms with Crippen molar-refractivity contribution in [2.45, 2.75) is 26.3 Å². The lowest BCUT2D eigenvalue weighted by atomic mass is 10.0. The van der Waals surface area contributed by atoms with Gasteiger partial charge in [-0.1, -0.05) is 19.4 Å². The zero-order valence-corrected chi connectivity index (χ0v) is 11.0. The molecule has 0 aliphatic heterocycles. The maximum atomic E-state index is 11.3. The summed E-state index contributed by atoms with van der Waals surface area (Å²) < 4.78 is 1.52. The fourth-order valence-corrected chi connectivity index (χ4v) is 1.93. The molecule has 2 aromatic rings. The van der Waals surface area contributed by atoms with Crippen molar-refractivity contribution in [1.29, 1.82) is 0 Å². The fraction of sp³-hybridized carbons (Fsp3) is 0.417. The summed E-state index contributed by atoms with van der Waals surface area (Å²) in [5.41, 5.74) is 0.266. The molecule has 0 spiro atoms. The third-order valence-electron chi connectivity index (χ3n) is 3.01. The van der Waals surface area contributed by atoms with Crippen molar-refractivity contribution in [3.8, 4) is 11.5 Å². The van der Waals surface area contributed by atoms with Gasteiger partial charge in [-0.15, -0.1) is 5.10 Å². The Labute approximate surface area is 114 Å². The Bertz CT molecular complexity index is 648. The van der Waals surface area contributed by atoms with Gasteiger partial charge in [-0.2, -0.15) is 0 Å². The second-order valence-electron chi connectivity index (χ2n) is 4.49. The first-order chi connectivity index (χ1) is 9.60. The molecule has 0 radical (unpaired) electrons. The van der Waals surface area contributed by atoms with Crippen LogP contribution in [-0.4, -0.2) is 36.3 Å². The summed E-state index contributed by atoms with van der Waals surface area (Å²) in [6.07, 6.45) is 0.762. The molecule has 0 aliphatic carbocycles. The number of tetrazole rings is 1. The normalized spacial score (nSPS) is 12.2. The second-order valence-corrected chi connectivity index (χ2v) is 4.49. The van der Waals surface area contributed by atoms with E-state index in [4.69, 9.17) is 5.11 Å². The van der Waals surface area contributed by atoms with Crippen LogP contribution < -0.4 is 5.56 Å². The molecule has 1 atom stereocenters. The standard InChI is InChI=1S/C12H15N5O3/c1-2-8(6-11(19)20)7-17-12(14-15-16-17)9-4-3-5-10(18)13-9/h3-5,8H,2,6-7H2,1H3,(H,13,18)(H,19,20). The molecule has 2 heterocycles. The summed E-state index contributed by atoms with van der Waals surface area (Å²) in [7, 11) is 0. The van der Waals surface area contributed by atoms with Gasteiger partial charge in [0.2, 0.25) is 5.56 Å². The van der Waals surface area contributed by atoms with Gasteiger partial charge in [-0.3, -0.25) is 9.59 Å². The van der Waals surface area contributed by atoms with E-state index in [2.05, 4.69) is 20.5 Å². The van der Waals surface area contributed by atoms with Gasteiger partial charge in [-0.25, -0.2) is 4.68 Å². The average Bonchev–Trinajstić information content (AvgIpc) is 2.85. The van der Waals surface area contributed by atoms with E-state index < -0.39 is 5.97 Å². The monoisotopic (exact) mass is 277 g/mol. The number of rotatable bonds is 6. The van der Waals surface area contributed by atoms with Gasteiger partial charge in [0, 0.05) is 19.0 Å². The highest BCUT2D eigenvalue weighted by Gasteiger charge is 2.16. The van der Waals surface area contributed by atoms with E-state index in [1.54, 1.807) is 12.1 Å². The maximum absolute atomic E-state index is 11.3. The minimum absolute atomic E-state index is 0.0567. The summed E-state index contributed by atoms with van der Waals surface area (Å²) in [6, 6.07) is 4.71. The molecule has 20 heavy (non-hydrogen) atoms. The smallest absolute Gasteiger partial charge is 0.303 e. The van der Waals surface area contributed by atoms with Crippen LogP contribution in [0.4, 0.5) is 0 Å². The topological polar surface area (TPSA) is 114 Å². The molecule has 1 unspecified atom stereocenters. The molecular weight excluding hydrogens is 262 g/mol. The maximum Gasteiger partial charge on any atom is 0.303 e. The lowest BCUT2D eigenvalue weighted by Crippen LogP contribution is -2.17. The number of carboxylic acid groups (broad SMARTS) is 1. The van der Waals surface area contributed by atoms with E-state index in [0.717, 1.165) is 0 Å². The number of H-pyrrole nitrogens is 1. The highest BCUT2D eigenvalue weighted by atomic mass is 16.4. The number of nitrogens with one attached hydrogen (secondary N) is 1. The molecule has 0 bridgehead atoms. The summed E-state index contributed by atoms with van der Waals surface area (Å²) in [4.78, 5) is 24.7. The molecular formula is C12H15N5O3. The van der Waals surface area contributed by atoms with Gasteiger partial charge >= 0.3 is 5.97 Å². The minimum atomic E-state index is -0.848. The number of pyridine rings is 1. The largest absolute Gasteiger partial charge is 0.481 e. The molecule has 0 aliphatic rings. The number of hydrogen-bond donors (Lipinski definition) is 2. The van der Waals surface area contributed by atoms with Crippen LogP contribution in [0, 0.1) is 5.92 Å². The van der Waals surface area contributed by atoms with Crippen LogP contribution in [-0.2, 0) is 11.3 Å². The number of aliphatic carboxylic acids is 1. The molecule has 8 heteroatoms. The van der Waals surface area contributed by atoms with Crippen LogP contribution in [0.2, 0.25) is 0 Å². The van der Waals surface area contributed by atoms with Gasteiger partial charge in [0.05, 0.1) is 5.69 Å². The Balaban J connectivity index is 2.24. The lowest BCUT2D eigenvalue weighted by Gasteiger charge is -2.12. The van der Waals surface area contributed by atoms with Gasteiger partial charge in [0.1, 0.15) is 0 Å². The molecule has 2 aromatic heterocycles. The fourth-order valence-electron chi connectivity index (χ4n) is 1.93. The molecule has 0 saturated heterocycles. The van der Waals surface area contributed by atoms with Crippen LogP contribution in [0.1, 0.15) is 19.8 Å². The third-order valence-corrected chi connectivity index (χ3v) is 3.01. The van der Waals surface area contributed by atoms with E-state index in [-0.39, 0.29) is 17.9 Å². The summed E-state index contributed by atoms with van der Waals surface area (Å²) in [5, 5.41) is 20.2. The van der Waals surface area contributed by atoms with Crippen molar-refractivity contribution in [1.82, 2.24) is 25.2 Å². The molecule has 2 rings (SSSR count). The molecule has 2 N–H and O–H groups in total. The first-order valence-corrected chi connectivity index (χ1v) is 6.27. The van der Waals surface area contributed by atoms with Crippen molar-refractivity contribution in [3.05, 3.63) is 28.6 Å². The zero-order chi connectivity index (χ0) is 14.5. The third kappa shape index (κ3) is 3.28. The van der Waals surface area contributed by atoms with E-state index in [1.807, 2.05) is 6.92 Å². The van der Waals surface area contributed by atoms with Gasteiger partial charge in [0.15, 0.2) is 5.82 Å². The summed E-state index contributed by atoms with van der Waals surface area (Å²) in [6.45, 7) is 2.31. The highest BCUT2D eigenvalue weighted by Crippen LogP contribution is 2.16. The van der Waals surface area contributed by atoms with E-state index in [9.17, 15) is 9.59 Å². The van der Waals surface area contributed by atoms with Crippen molar-refractivity contribution in [2.24, 2.45) is 5.92 Å². The summed E-state index contributed by atoms with van der Waals surface area (Å²) >= 11 is 0. The Morgan fingerprint density at radius 1 is 1.50 bits per heavy atom. The predicted octanol–water partition coefficient (Wildman–Crippen LogP) is 0.529. The van der Waals surface area contributed by atoms with Crippen LogP contribution >= 0.6 is 0 Å². The number of aromatic amines is 1. The zero-order valence-electron chi connectivity index (χ0n) is 11.0. The second kappa shape index (κ2) is 6.09. The van der Waals surface area contributed by atoms with Crippen LogP contribution in [0.25, 0.3) is 11.5 Å². The van der Waals surface area contributed by atoms with E-state index in [1.165, 1.54) is 10.7 Å². The van der Waals surface area contributed by atoms with Gasteiger partial charge < -0.3 is 10.1 Å². The average molecular weight is 277 g/mol. The van der Waals surface area contributed by atoms with Crippen molar-refractivity contribution in [3.63, 3.8) is 0 Å². The van der Waals surface area contributed by atoms with E-state index in [0.29, 0.717) is 24.5 Å². The van der Waals surface area contributed by atoms with Crippen LogP contribution in [0.5, 0.6) is 0 Å². The quantitative estimate of drug-likeness (QED) is 0.796. The van der Waals surface area contributed by atoms with Crippen molar-refractivity contribution < 1.29 is 9.90 Å². The SMILES string of the molecule is CCC(CC(=O)O)Cn1nnnc1-c1cccc(=O)[nH]1. The van der Waals surface area contributed by atoms with Crippen LogP contribution in [0.3, 0.4) is 0 Å². The first kappa shape index (κ1) is 13.9. The number of carboxylic acids is 1. The first-order valence-electron chi connectivity index (χ1n) is 6.27. The Morgan fingerprint density at radius 2 is 2.30 bits per heavy atom. The van der Waals surface area contributed by atoms with Crippen molar-refractivity contribution >= 4 is 5.97 Å². The van der Waals surface area contributed by atoms with E-state index >= 15 is 0 Å². The number of hydrogen-bond acceptors (Lipinski definition) is 5.